The molecule has 8 nitrogen and oxygen atoms in total. The Kier molecular flexibility index (Phi) is 10.6. The molecule has 0 saturated heterocycles. The van der Waals surface area contributed by atoms with Gasteiger partial charge in [0.05, 0.1) is 27.5 Å². The molecule has 0 atom stereocenters. The zero-order chi connectivity index (χ0) is 50.9. The molecule has 73 heavy (non-hydrogen) atoms. The lowest BCUT2D eigenvalue weighted by atomic mass is 9.69. The molecule has 2 aliphatic heterocycles. The van der Waals surface area contributed by atoms with Crippen molar-refractivity contribution >= 4 is 60.8 Å². The number of para-hydroxylation sites is 1. The first kappa shape index (κ1) is 46.7. The van der Waals surface area contributed by atoms with Crippen LogP contribution in [0.4, 0.5) is 5.69 Å². The van der Waals surface area contributed by atoms with E-state index in [4.69, 9.17) is 18.3 Å². The van der Waals surface area contributed by atoms with E-state index >= 15 is 0 Å². The molecular weight excluding hydrogens is 925 g/mol. The van der Waals surface area contributed by atoms with E-state index in [1.807, 2.05) is 71.9 Å². The van der Waals surface area contributed by atoms with Crippen LogP contribution in [0.5, 0.6) is 11.5 Å². The van der Waals surface area contributed by atoms with Crippen LogP contribution >= 0.6 is 11.3 Å². The number of benzene rings is 6. The fraction of sp³-hybridized carbons (Fsp3) is 0.281. The van der Waals surface area contributed by atoms with Crippen LogP contribution in [0.1, 0.15) is 93.2 Å². The summed E-state index contributed by atoms with van der Waals surface area (Å²) in [5.41, 5.74) is 11.1. The summed E-state index contributed by atoms with van der Waals surface area (Å²) in [5, 5.41) is 3.93. The molecule has 368 valence electrons. The average Bonchev–Trinajstić information content (AvgIpc) is 3.95. The summed E-state index contributed by atoms with van der Waals surface area (Å²) in [6.07, 6.45) is 2.10. The quantitative estimate of drug-likeness (QED) is 0.147. The smallest absolute Gasteiger partial charge is 0.345 e. The van der Waals surface area contributed by atoms with Crippen LogP contribution in [-0.2, 0) is 10.8 Å². The molecule has 0 bridgehead atoms. The summed E-state index contributed by atoms with van der Waals surface area (Å²) >= 11 is 1.62. The van der Waals surface area contributed by atoms with Crippen LogP contribution < -0.4 is 25.6 Å². The Morgan fingerprint density at radius 1 is 0.562 bits per heavy atom. The fourth-order valence-corrected chi connectivity index (χ4v) is 12.2. The van der Waals surface area contributed by atoms with Crippen LogP contribution in [0, 0.1) is 0 Å². The number of hydrogen-bond acceptors (Lipinski definition) is 8. The van der Waals surface area contributed by atoms with E-state index in [1.54, 1.807) is 17.4 Å². The van der Waals surface area contributed by atoms with E-state index in [0.29, 0.717) is 33.6 Å². The van der Waals surface area contributed by atoms with Crippen molar-refractivity contribution in [2.45, 2.75) is 104 Å². The molecular formula is C64H60N2O6S. The van der Waals surface area contributed by atoms with Gasteiger partial charge in [-0.05, 0) is 154 Å². The first-order chi connectivity index (χ1) is 34.7. The second-order valence-corrected chi connectivity index (χ2v) is 24.4. The lowest BCUT2D eigenvalue weighted by Gasteiger charge is -2.48. The SMILES string of the molecule is CC(C)(C)Oc1cc(OC(C)(C)C)c2cc(-c3cccc(-c4ccc5c6ccc(-c7ccc(-c8cc9cc%10c%11c(c9oc8=O)C(C)(C)CCN%11CCC%10(C)C)s7)cc6n(-c6ccccc6)c5c4)c3)c(=O)oc2c1. The van der Waals surface area contributed by atoms with E-state index in [9.17, 15) is 9.59 Å². The minimum atomic E-state index is -0.508. The number of ether oxygens (including phenoxy) is 2. The van der Waals surface area contributed by atoms with Crippen LogP contribution in [0.2, 0.25) is 0 Å². The fourth-order valence-electron chi connectivity index (χ4n) is 11.2. The first-order valence-corrected chi connectivity index (χ1v) is 26.3. The van der Waals surface area contributed by atoms with Gasteiger partial charge in [0.15, 0.2) is 0 Å². The zero-order valence-corrected chi connectivity index (χ0v) is 44.1. The Morgan fingerprint density at radius 3 is 1.93 bits per heavy atom. The Bertz CT molecular complexity index is 4000. The minimum absolute atomic E-state index is 0.0157. The number of thiophene rings is 1. The van der Waals surface area contributed by atoms with Crippen molar-refractivity contribution in [2.75, 3.05) is 18.0 Å². The molecule has 6 aromatic carbocycles. The van der Waals surface area contributed by atoms with Crippen LogP contribution in [0.25, 0.3) is 92.6 Å². The maximum atomic E-state index is 14.1. The summed E-state index contributed by atoms with van der Waals surface area (Å²) in [7, 11) is 0. The molecule has 0 amide bonds. The van der Waals surface area contributed by atoms with Crippen molar-refractivity contribution in [3.8, 4) is 60.3 Å². The van der Waals surface area contributed by atoms with Crippen LogP contribution in [0.3, 0.4) is 0 Å². The number of fused-ring (bicyclic) bond motifs is 6. The van der Waals surface area contributed by atoms with E-state index in [0.717, 1.165) is 96.4 Å². The Morgan fingerprint density at radius 2 is 1.21 bits per heavy atom. The molecule has 2 aliphatic rings. The Labute approximate surface area is 429 Å². The predicted molar refractivity (Wildman–Crippen MR) is 301 cm³/mol. The van der Waals surface area contributed by atoms with E-state index in [2.05, 4.69) is 134 Å². The largest absolute Gasteiger partial charge is 0.488 e. The molecule has 0 aliphatic carbocycles. The minimum Gasteiger partial charge on any atom is -0.488 e. The average molecular weight is 985 g/mol. The Hall–Kier alpha value is -7.36. The van der Waals surface area contributed by atoms with Gasteiger partial charge in [-0.2, -0.15) is 0 Å². The highest BCUT2D eigenvalue weighted by molar-refractivity contribution is 7.18. The van der Waals surface area contributed by atoms with Gasteiger partial charge >= 0.3 is 11.3 Å². The van der Waals surface area contributed by atoms with E-state index in [-0.39, 0.29) is 16.5 Å². The second-order valence-electron chi connectivity index (χ2n) is 23.4. The van der Waals surface area contributed by atoms with Crippen molar-refractivity contribution in [3.05, 3.63) is 165 Å². The van der Waals surface area contributed by atoms with Crippen LogP contribution in [0.15, 0.2) is 152 Å². The second kappa shape index (κ2) is 16.6. The molecule has 0 spiro atoms. The number of anilines is 1. The third-order valence-electron chi connectivity index (χ3n) is 14.8. The molecule has 4 aromatic heterocycles. The molecule has 0 radical (unpaired) electrons. The van der Waals surface area contributed by atoms with Crippen molar-refractivity contribution in [1.29, 1.82) is 0 Å². The highest BCUT2D eigenvalue weighted by Crippen LogP contribution is 2.52. The summed E-state index contributed by atoms with van der Waals surface area (Å²) in [4.78, 5) is 32.4. The van der Waals surface area contributed by atoms with Gasteiger partial charge in [-0.1, -0.05) is 88.4 Å². The summed E-state index contributed by atoms with van der Waals surface area (Å²) in [5.74, 6) is 1.15. The van der Waals surface area contributed by atoms with Gasteiger partial charge in [0.25, 0.3) is 0 Å². The molecule has 0 N–H and O–H groups in total. The summed E-state index contributed by atoms with van der Waals surface area (Å²) in [6.45, 7) is 23.2. The zero-order valence-electron chi connectivity index (χ0n) is 43.3. The molecule has 0 unspecified atom stereocenters. The standard InChI is InChI=1S/C64H60N2O6S/c1-61(2,3)71-43-34-52-47(53(35-43)72-62(4,5)6)36-46(59(67)69-52)39-16-14-15-37(29-39)38-19-21-44-45-22-20-40(33-51(45)66(50(44)32-38)42-17-12-11-13-18-42)54-23-24-55(73-54)48-30-41-31-49-57-56(58(41)70-60(48)68)64(9,10)26-28-65(57)27-25-63(49,7)8/h11-24,29-36H,25-28H2,1-10H3. The van der Waals surface area contributed by atoms with Crippen molar-refractivity contribution in [3.63, 3.8) is 0 Å². The lowest BCUT2D eigenvalue weighted by molar-refractivity contribution is 0.122. The molecule has 0 saturated carbocycles. The molecule has 6 heterocycles. The van der Waals surface area contributed by atoms with Crippen molar-refractivity contribution in [2.24, 2.45) is 0 Å². The van der Waals surface area contributed by atoms with Gasteiger partial charge in [-0.25, -0.2) is 9.59 Å². The van der Waals surface area contributed by atoms with Crippen molar-refractivity contribution in [1.82, 2.24) is 4.57 Å². The van der Waals surface area contributed by atoms with Gasteiger partial charge in [0.2, 0.25) is 0 Å². The first-order valence-electron chi connectivity index (χ1n) is 25.4. The van der Waals surface area contributed by atoms with Gasteiger partial charge < -0.3 is 27.8 Å². The van der Waals surface area contributed by atoms with E-state index in [1.165, 1.54) is 16.8 Å². The van der Waals surface area contributed by atoms with Crippen LogP contribution in [-0.4, -0.2) is 28.9 Å². The maximum Gasteiger partial charge on any atom is 0.345 e. The third kappa shape index (κ3) is 8.22. The molecule has 10 aromatic rings. The lowest BCUT2D eigenvalue weighted by Crippen LogP contribution is -2.44. The topological polar surface area (TPSA) is 87.0 Å². The maximum absolute atomic E-state index is 14.1. The van der Waals surface area contributed by atoms with Gasteiger partial charge in [-0.3, -0.25) is 0 Å². The van der Waals surface area contributed by atoms with Gasteiger partial charge in [0, 0.05) is 68.1 Å². The Balaban J connectivity index is 0.933. The molecule has 9 heteroatoms. The highest BCUT2D eigenvalue weighted by atomic mass is 32.1. The summed E-state index contributed by atoms with van der Waals surface area (Å²) < 4.78 is 27.4. The predicted octanol–water partition coefficient (Wildman–Crippen LogP) is 16.2. The van der Waals surface area contributed by atoms with Crippen molar-refractivity contribution < 1.29 is 18.3 Å². The number of nitrogens with zero attached hydrogens (tertiary/aromatic N) is 2. The monoisotopic (exact) mass is 984 g/mol. The molecule has 12 rings (SSSR count). The van der Waals surface area contributed by atoms with E-state index < -0.39 is 16.8 Å². The molecule has 0 fully saturated rings. The third-order valence-corrected chi connectivity index (χ3v) is 16.0. The highest BCUT2D eigenvalue weighted by Gasteiger charge is 2.42. The normalized spacial score (nSPS) is 15.3. The number of hydrogen-bond donors (Lipinski definition) is 0. The van der Waals surface area contributed by atoms with Gasteiger partial charge in [-0.15, -0.1) is 11.3 Å². The number of rotatable bonds is 7. The number of aromatic nitrogens is 1. The van der Waals surface area contributed by atoms with Gasteiger partial charge in [0.1, 0.15) is 33.9 Å². The summed E-state index contributed by atoms with van der Waals surface area (Å²) in [6, 6.07) is 45.9.